The summed E-state index contributed by atoms with van der Waals surface area (Å²) in [7, 11) is 0. The first-order chi connectivity index (χ1) is 7.22. The second kappa shape index (κ2) is 3.73. The fraction of sp³-hybridized carbons (Fsp3) is 0.154. The van der Waals surface area contributed by atoms with Gasteiger partial charge in [-0.1, -0.05) is 25.6 Å². The van der Waals surface area contributed by atoms with Crippen LogP contribution in [0.5, 0.6) is 0 Å². The Bertz CT molecular complexity index is 515. The highest BCUT2D eigenvalue weighted by Gasteiger charge is 2.01. The molecule has 15 heavy (non-hydrogen) atoms. The summed E-state index contributed by atoms with van der Waals surface area (Å²) < 4.78 is 0. The number of hydrogen-bond donors (Lipinski definition) is 1. The number of aromatic nitrogens is 1. The van der Waals surface area contributed by atoms with Gasteiger partial charge < -0.3 is 5.73 Å². The molecule has 0 saturated heterocycles. The summed E-state index contributed by atoms with van der Waals surface area (Å²) >= 11 is 0. The first-order valence-electron chi connectivity index (χ1n) is 5.04. The zero-order valence-electron chi connectivity index (χ0n) is 8.83. The van der Waals surface area contributed by atoms with Gasteiger partial charge in [0.2, 0.25) is 0 Å². The summed E-state index contributed by atoms with van der Waals surface area (Å²) in [6.07, 6.45) is 2.85. The maximum Gasteiger partial charge on any atom is 0.0711 e. The highest BCUT2D eigenvalue weighted by Crippen LogP contribution is 2.20. The molecule has 0 saturated carbocycles. The third-order valence-electron chi connectivity index (χ3n) is 2.58. The van der Waals surface area contributed by atoms with Gasteiger partial charge in [-0.05, 0) is 29.7 Å². The minimum Gasteiger partial charge on any atom is -0.399 e. The SMILES string of the molecule is C=C(N)c1ccc2c(CC)ccnc2c1. The van der Waals surface area contributed by atoms with Gasteiger partial charge in [0.25, 0.3) is 0 Å². The van der Waals surface area contributed by atoms with Crippen molar-refractivity contribution in [3.63, 3.8) is 0 Å². The minimum absolute atomic E-state index is 0.584. The molecule has 0 radical (unpaired) electrons. The van der Waals surface area contributed by atoms with Crippen LogP contribution >= 0.6 is 0 Å². The molecule has 1 aromatic heterocycles. The van der Waals surface area contributed by atoms with E-state index < -0.39 is 0 Å². The van der Waals surface area contributed by atoms with E-state index in [4.69, 9.17) is 5.73 Å². The average Bonchev–Trinajstić information content (AvgIpc) is 2.27. The molecule has 0 spiro atoms. The molecule has 0 fully saturated rings. The van der Waals surface area contributed by atoms with E-state index in [1.165, 1.54) is 10.9 Å². The van der Waals surface area contributed by atoms with Gasteiger partial charge in [-0.25, -0.2) is 0 Å². The van der Waals surface area contributed by atoms with Crippen LogP contribution in [0.1, 0.15) is 18.1 Å². The van der Waals surface area contributed by atoms with Gasteiger partial charge >= 0.3 is 0 Å². The van der Waals surface area contributed by atoms with E-state index in [-0.39, 0.29) is 0 Å². The first kappa shape index (κ1) is 9.71. The Morgan fingerprint density at radius 1 is 1.40 bits per heavy atom. The molecule has 2 aromatic rings. The standard InChI is InChI=1S/C13H14N2/c1-3-10-6-7-15-13-8-11(9(2)14)4-5-12(10)13/h4-8H,2-3,14H2,1H3. The smallest absolute Gasteiger partial charge is 0.0711 e. The molecule has 0 atom stereocenters. The Balaban J connectivity index is 2.69. The molecule has 0 amide bonds. The van der Waals surface area contributed by atoms with Crippen molar-refractivity contribution in [1.82, 2.24) is 4.98 Å². The molecule has 1 aromatic carbocycles. The Labute approximate surface area is 89.4 Å². The molecule has 0 unspecified atom stereocenters. The summed E-state index contributed by atoms with van der Waals surface area (Å²) in [4.78, 5) is 4.34. The van der Waals surface area contributed by atoms with Gasteiger partial charge in [0.15, 0.2) is 0 Å². The van der Waals surface area contributed by atoms with Crippen molar-refractivity contribution in [2.45, 2.75) is 13.3 Å². The fourth-order valence-corrected chi connectivity index (χ4v) is 1.72. The molecule has 2 nitrogen and oxygen atoms in total. The molecule has 0 aliphatic rings. The quantitative estimate of drug-likeness (QED) is 0.805. The molecule has 0 aliphatic heterocycles. The van der Waals surface area contributed by atoms with Crippen molar-refractivity contribution < 1.29 is 0 Å². The Morgan fingerprint density at radius 3 is 2.87 bits per heavy atom. The van der Waals surface area contributed by atoms with Crippen LogP contribution in [0.2, 0.25) is 0 Å². The predicted molar refractivity (Wildman–Crippen MR) is 64.3 cm³/mol. The Hall–Kier alpha value is -1.83. The molecule has 2 heteroatoms. The Kier molecular flexibility index (Phi) is 2.42. The van der Waals surface area contributed by atoms with E-state index in [2.05, 4.69) is 30.6 Å². The van der Waals surface area contributed by atoms with E-state index in [0.717, 1.165) is 17.5 Å². The molecule has 0 aliphatic carbocycles. The van der Waals surface area contributed by atoms with Crippen LogP contribution in [0, 0.1) is 0 Å². The number of benzene rings is 1. The van der Waals surface area contributed by atoms with Gasteiger partial charge in [0, 0.05) is 17.3 Å². The van der Waals surface area contributed by atoms with Crippen molar-refractivity contribution in [2.75, 3.05) is 0 Å². The first-order valence-corrected chi connectivity index (χ1v) is 5.04. The fourth-order valence-electron chi connectivity index (χ4n) is 1.72. The molecular formula is C13H14N2. The van der Waals surface area contributed by atoms with Crippen molar-refractivity contribution in [3.8, 4) is 0 Å². The molecule has 1 heterocycles. The lowest BCUT2D eigenvalue weighted by Gasteiger charge is -2.05. The van der Waals surface area contributed by atoms with Crippen LogP contribution in [-0.4, -0.2) is 4.98 Å². The van der Waals surface area contributed by atoms with Crippen LogP contribution in [0.15, 0.2) is 37.0 Å². The topological polar surface area (TPSA) is 38.9 Å². The average molecular weight is 198 g/mol. The number of hydrogen-bond acceptors (Lipinski definition) is 2. The van der Waals surface area contributed by atoms with Gasteiger partial charge in [-0.2, -0.15) is 0 Å². The van der Waals surface area contributed by atoms with E-state index in [0.29, 0.717) is 5.70 Å². The van der Waals surface area contributed by atoms with E-state index in [1.807, 2.05) is 18.3 Å². The third-order valence-corrected chi connectivity index (χ3v) is 2.58. The number of nitrogens with zero attached hydrogens (tertiary/aromatic N) is 1. The van der Waals surface area contributed by atoms with Crippen LogP contribution in [0.4, 0.5) is 0 Å². The number of rotatable bonds is 2. The highest BCUT2D eigenvalue weighted by atomic mass is 14.6. The molecular weight excluding hydrogens is 184 g/mol. The van der Waals surface area contributed by atoms with Crippen LogP contribution in [0.3, 0.4) is 0 Å². The summed E-state index contributed by atoms with van der Waals surface area (Å²) in [5.74, 6) is 0. The van der Waals surface area contributed by atoms with Gasteiger partial charge in [-0.15, -0.1) is 0 Å². The number of nitrogens with two attached hydrogens (primary N) is 1. The zero-order chi connectivity index (χ0) is 10.8. The van der Waals surface area contributed by atoms with Crippen LogP contribution < -0.4 is 5.73 Å². The number of fused-ring (bicyclic) bond motifs is 1. The van der Waals surface area contributed by atoms with Crippen molar-refractivity contribution in [3.05, 3.63) is 48.2 Å². The maximum absolute atomic E-state index is 5.65. The van der Waals surface area contributed by atoms with Crippen LogP contribution in [-0.2, 0) is 6.42 Å². The number of pyridine rings is 1. The normalized spacial score (nSPS) is 10.5. The van der Waals surface area contributed by atoms with E-state index in [9.17, 15) is 0 Å². The second-order valence-corrected chi connectivity index (χ2v) is 3.58. The van der Waals surface area contributed by atoms with E-state index in [1.54, 1.807) is 0 Å². The molecule has 2 N–H and O–H groups in total. The highest BCUT2D eigenvalue weighted by molar-refractivity contribution is 5.85. The van der Waals surface area contributed by atoms with Gasteiger partial charge in [0.05, 0.1) is 5.52 Å². The van der Waals surface area contributed by atoms with Crippen molar-refractivity contribution in [2.24, 2.45) is 5.73 Å². The van der Waals surface area contributed by atoms with Gasteiger partial charge in [-0.3, -0.25) is 4.98 Å². The van der Waals surface area contributed by atoms with Crippen molar-refractivity contribution >= 4 is 16.6 Å². The van der Waals surface area contributed by atoms with Crippen LogP contribution in [0.25, 0.3) is 16.6 Å². The van der Waals surface area contributed by atoms with Crippen molar-refractivity contribution in [1.29, 1.82) is 0 Å². The largest absolute Gasteiger partial charge is 0.399 e. The lowest BCUT2D eigenvalue weighted by atomic mass is 10.0. The predicted octanol–water partition coefficient (Wildman–Crippen LogP) is 2.73. The maximum atomic E-state index is 5.65. The third kappa shape index (κ3) is 1.71. The zero-order valence-corrected chi connectivity index (χ0v) is 8.83. The molecule has 2 rings (SSSR count). The van der Waals surface area contributed by atoms with Gasteiger partial charge in [0.1, 0.15) is 0 Å². The minimum atomic E-state index is 0.584. The monoisotopic (exact) mass is 198 g/mol. The summed E-state index contributed by atoms with van der Waals surface area (Å²) in [6.45, 7) is 5.87. The molecule has 76 valence electrons. The Morgan fingerprint density at radius 2 is 2.20 bits per heavy atom. The van der Waals surface area contributed by atoms with E-state index >= 15 is 0 Å². The lowest BCUT2D eigenvalue weighted by molar-refractivity contribution is 1.15. The number of aryl methyl sites for hydroxylation is 1. The summed E-state index contributed by atoms with van der Waals surface area (Å²) in [5.41, 5.74) is 9.48. The molecule has 0 bridgehead atoms. The summed E-state index contributed by atoms with van der Waals surface area (Å²) in [6, 6.07) is 8.09. The second-order valence-electron chi connectivity index (χ2n) is 3.58. The summed E-state index contributed by atoms with van der Waals surface area (Å²) in [5, 5.41) is 1.20. The lowest BCUT2D eigenvalue weighted by Crippen LogP contribution is -1.94.